The minimum atomic E-state index is -1.41. The summed E-state index contributed by atoms with van der Waals surface area (Å²) in [5.41, 5.74) is -0.966. The van der Waals surface area contributed by atoms with Crippen LogP contribution in [-0.4, -0.2) is 16.2 Å². The van der Waals surface area contributed by atoms with Crippen molar-refractivity contribution in [3.05, 3.63) is 35.6 Å². The monoisotopic (exact) mass is 226 g/mol. The summed E-state index contributed by atoms with van der Waals surface area (Å²) in [5, 5.41) is 19.0. The van der Waals surface area contributed by atoms with E-state index < -0.39 is 17.4 Å². The van der Waals surface area contributed by atoms with E-state index in [-0.39, 0.29) is 6.42 Å². The lowest BCUT2D eigenvalue weighted by Gasteiger charge is -2.26. The van der Waals surface area contributed by atoms with Gasteiger partial charge in [0.15, 0.2) is 0 Å². The first-order chi connectivity index (χ1) is 7.48. The van der Waals surface area contributed by atoms with Gasteiger partial charge in [-0.1, -0.05) is 25.5 Å². The van der Waals surface area contributed by atoms with Crippen LogP contribution < -0.4 is 0 Å². The van der Waals surface area contributed by atoms with E-state index in [1.807, 2.05) is 6.92 Å². The van der Waals surface area contributed by atoms with E-state index in [4.69, 9.17) is 5.11 Å². The summed E-state index contributed by atoms with van der Waals surface area (Å²) in [6.45, 7) is 1.86. The van der Waals surface area contributed by atoms with Gasteiger partial charge in [0.1, 0.15) is 11.4 Å². The molecule has 0 aliphatic heterocycles. The highest BCUT2D eigenvalue weighted by Crippen LogP contribution is 2.30. The van der Waals surface area contributed by atoms with Crippen LogP contribution in [0.1, 0.15) is 31.7 Å². The third-order valence-corrected chi connectivity index (χ3v) is 2.49. The van der Waals surface area contributed by atoms with E-state index in [1.165, 1.54) is 24.3 Å². The number of benzene rings is 1. The van der Waals surface area contributed by atoms with Crippen LogP contribution >= 0.6 is 0 Å². The van der Waals surface area contributed by atoms with Gasteiger partial charge in [0.25, 0.3) is 0 Å². The Morgan fingerprint density at radius 1 is 1.38 bits per heavy atom. The van der Waals surface area contributed by atoms with E-state index in [0.717, 1.165) is 0 Å². The molecule has 0 aliphatic rings. The van der Waals surface area contributed by atoms with Gasteiger partial charge in [-0.2, -0.15) is 0 Å². The second-order valence-corrected chi connectivity index (χ2v) is 3.86. The van der Waals surface area contributed by atoms with E-state index in [9.17, 15) is 14.3 Å². The van der Waals surface area contributed by atoms with Gasteiger partial charge in [0.2, 0.25) is 0 Å². The zero-order valence-corrected chi connectivity index (χ0v) is 9.11. The van der Waals surface area contributed by atoms with Crippen LogP contribution in [0.3, 0.4) is 0 Å². The molecule has 16 heavy (non-hydrogen) atoms. The molecule has 1 aromatic carbocycles. The zero-order valence-electron chi connectivity index (χ0n) is 9.11. The van der Waals surface area contributed by atoms with Gasteiger partial charge >= 0.3 is 5.97 Å². The minimum Gasteiger partial charge on any atom is -0.481 e. The van der Waals surface area contributed by atoms with Crippen LogP contribution in [0.2, 0.25) is 0 Å². The molecular weight excluding hydrogens is 211 g/mol. The van der Waals surface area contributed by atoms with Crippen molar-refractivity contribution in [2.45, 2.75) is 31.8 Å². The van der Waals surface area contributed by atoms with Gasteiger partial charge in [-0.3, -0.25) is 4.79 Å². The van der Waals surface area contributed by atoms with Crippen LogP contribution in [-0.2, 0) is 10.4 Å². The largest absolute Gasteiger partial charge is 0.481 e. The Bertz CT molecular complexity index is 361. The summed E-state index contributed by atoms with van der Waals surface area (Å²) >= 11 is 0. The average molecular weight is 226 g/mol. The molecule has 0 spiro atoms. The molecule has 0 saturated carbocycles. The Morgan fingerprint density at radius 3 is 2.38 bits per heavy atom. The molecule has 1 aromatic rings. The third-order valence-electron chi connectivity index (χ3n) is 2.49. The van der Waals surface area contributed by atoms with Crippen molar-refractivity contribution in [3.63, 3.8) is 0 Å². The number of hydrogen-bond acceptors (Lipinski definition) is 2. The predicted octanol–water partition coefficient (Wildman–Crippen LogP) is 2.29. The van der Waals surface area contributed by atoms with Gasteiger partial charge in [0.05, 0.1) is 6.42 Å². The SMILES string of the molecule is CCCC(O)(CC(=O)O)c1ccc(F)cc1. The number of carboxylic acids is 1. The molecule has 1 atom stereocenters. The Balaban J connectivity index is 3.00. The quantitative estimate of drug-likeness (QED) is 0.809. The maximum absolute atomic E-state index is 12.7. The standard InChI is InChI=1S/C12H15FO3/c1-2-7-12(16,8-11(14)15)9-3-5-10(13)6-4-9/h3-6,16H,2,7-8H2,1H3,(H,14,15). The molecule has 3 nitrogen and oxygen atoms in total. The van der Waals surface area contributed by atoms with E-state index >= 15 is 0 Å². The second-order valence-electron chi connectivity index (χ2n) is 3.86. The first kappa shape index (κ1) is 12.6. The third kappa shape index (κ3) is 3.03. The number of aliphatic carboxylic acids is 1. The smallest absolute Gasteiger partial charge is 0.306 e. The fourth-order valence-electron chi connectivity index (χ4n) is 1.76. The maximum Gasteiger partial charge on any atom is 0.306 e. The molecule has 0 amide bonds. The molecular formula is C12H15FO3. The number of carboxylic acid groups (broad SMARTS) is 1. The van der Waals surface area contributed by atoms with Crippen LogP contribution in [0, 0.1) is 5.82 Å². The van der Waals surface area contributed by atoms with Crippen LogP contribution in [0.25, 0.3) is 0 Å². The highest BCUT2D eigenvalue weighted by Gasteiger charge is 2.31. The molecule has 2 N–H and O–H groups in total. The molecule has 0 aromatic heterocycles. The second kappa shape index (κ2) is 5.07. The molecule has 4 heteroatoms. The van der Waals surface area contributed by atoms with Gasteiger partial charge in [-0.05, 0) is 24.1 Å². The van der Waals surface area contributed by atoms with Gasteiger partial charge in [-0.25, -0.2) is 4.39 Å². The van der Waals surface area contributed by atoms with Crippen LogP contribution in [0.4, 0.5) is 4.39 Å². The predicted molar refractivity (Wildman–Crippen MR) is 57.5 cm³/mol. The summed E-state index contributed by atoms with van der Waals surface area (Å²) in [6.07, 6.45) is 0.624. The lowest BCUT2D eigenvalue weighted by molar-refractivity contribution is -0.143. The zero-order chi connectivity index (χ0) is 12.2. The lowest BCUT2D eigenvalue weighted by Crippen LogP contribution is -2.28. The fraction of sp³-hybridized carbons (Fsp3) is 0.417. The molecule has 1 rings (SSSR count). The molecule has 0 saturated heterocycles. The van der Waals surface area contributed by atoms with Crippen molar-refractivity contribution in [2.24, 2.45) is 0 Å². The maximum atomic E-state index is 12.7. The molecule has 0 bridgehead atoms. The normalized spacial score (nSPS) is 14.4. The molecule has 88 valence electrons. The van der Waals surface area contributed by atoms with Gasteiger partial charge < -0.3 is 10.2 Å². The Labute approximate surface area is 93.5 Å². The number of rotatable bonds is 5. The number of halogens is 1. The summed E-state index contributed by atoms with van der Waals surface area (Å²) < 4.78 is 12.7. The van der Waals surface area contributed by atoms with Crippen molar-refractivity contribution in [2.75, 3.05) is 0 Å². The summed E-state index contributed by atoms with van der Waals surface area (Å²) in [7, 11) is 0. The highest BCUT2D eigenvalue weighted by atomic mass is 19.1. The lowest BCUT2D eigenvalue weighted by atomic mass is 9.86. The molecule has 0 radical (unpaired) electrons. The molecule has 0 fully saturated rings. The molecule has 1 unspecified atom stereocenters. The first-order valence-electron chi connectivity index (χ1n) is 5.18. The summed E-state index contributed by atoms with van der Waals surface area (Å²) in [4.78, 5) is 10.7. The van der Waals surface area contributed by atoms with E-state index in [2.05, 4.69) is 0 Å². The Morgan fingerprint density at radius 2 is 1.94 bits per heavy atom. The van der Waals surface area contributed by atoms with Crippen molar-refractivity contribution in [3.8, 4) is 0 Å². The van der Waals surface area contributed by atoms with E-state index in [0.29, 0.717) is 18.4 Å². The van der Waals surface area contributed by atoms with Crippen molar-refractivity contribution in [1.82, 2.24) is 0 Å². The average Bonchev–Trinajstić information content (AvgIpc) is 2.17. The van der Waals surface area contributed by atoms with Crippen LogP contribution in [0.15, 0.2) is 24.3 Å². The summed E-state index contributed by atoms with van der Waals surface area (Å²) in [6, 6.07) is 5.29. The van der Waals surface area contributed by atoms with Crippen LogP contribution in [0.5, 0.6) is 0 Å². The fourth-order valence-corrected chi connectivity index (χ4v) is 1.76. The first-order valence-corrected chi connectivity index (χ1v) is 5.18. The van der Waals surface area contributed by atoms with Gasteiger partial charge in [0, 0.05) is 0 Å². The van der Waals surface area contributed by atoms with Crippen molar-refractivity contribution >= 4 is 5.97 Å². The van der Waals surface area contributed by atoms with Gasteiger partial charge in [-0.15, -0.1) is 0 Å². The Hall–Kier alpha value is -1.42. The van der Waals surface area contributed by atoms with Crippen molar-refractivity contribution < 1.29 is 19.4 Å². The highest BCUT2D eigenvalue weighted by molar-refractivity contribution is 5.68. The molecule has 0 aliphatic carbocycles. The topological polar surface area (TPSA) is 57.5 Å². The number of carbonyl (C=O) groups is 1. The van der Waals surface area contributed by atoms with Crippen molar-refractivity contribution in [1.29, 1.82) is 0 Å². The minimum absolute atomic E-state index is 0.338. The van der Waals surface area contributed by atoms with E-state index in [1.54, 1.807) is 0 Å². The number of aliphatic hydroxyl groups is 1. The number of hydrogen-bond donors (Lipinski definition) is 2. The molecule has 0 heterocycles. The Kier molecular flexibility index (Phi) is 4.01. The summed E-state index contributed by atoms with van der Waals surface area (Å²) in [5.74, 6) is -1.47.